The third-order valence-electron chi connectivity index (χ3n) is 3.11. The highest BCUT2D eigenvalue weighted by Gasteiger charge is 2.18. The number of nitriles is 1. The van der Waals surface area contributed by atoms with Gasteiger partial charge in [0, 0.05) is 11.1 Å². The minimum atomic E-state index is -3.53. The lowest BCUT2D eigenvalue weighted by atomic mass is 10.2. The highest BCUT2D eigenvalue weighted by Crippen LogP contribution is 2.28. The first kappa shape index (κ1) is 18.4. The molecule has 2 aromatic rings. The maximum Gasteiger partial charge on any atom is 0.232 e. The van der Waals surface area contributed by atoms with Crippen LogP contribution in [0.15, 0.2) is 42.5 Å². The molecule has 0 aliphatic carbocycles. The van der Waals surface area contributed by atoms with Crippen LogP contribution in [-0.2, 0) is 10.0 Å². The van der Waals surface area contributed by atoms with Gasteiger partial charge in [0.25, 0.3) is 0 Å². The largest absolute Gasteiger partial charge is 0.490 e. The Bertz CT molecular complexity index is 879. The number of benzene rings is 2. The van der Waals surface area contributed by atoms with Gasteiger partial charge in [0.05, 0.1) is 35.1 Å². The lowest BCUT2D eigenvalue weighted by Crippen LogP contribution is -2.33. The first-order valence-corrected chi connectivity index (χ1v) is 9.47. The van der Waals surface area contributed by atoms with Gasteiger partial charge in [-0.25, -0.2) is 8.42 Å². The Hall–Kier alpha value is -1.94. The van der Waals surface area contributed by atoms with Gasteiger partial charge in [0.2, 0.25) is 10.0 Å². The summed E-state index contributed by atoms with van der Waals surface area (Å²) in [6.07, 6.45) is 1.10. The van der Waals surface area contributed by atoms with Gasteiger partial charge in [-0.1, -0.05) is 29.3 Å². The molecular weight excluding hydrogens is 371 g/mol. The quantitative estimate of drug-likeness (QED) is 0.760. The number of hydrogen-bond donors (Lipinski definition) is 0. The summed E-state index contributed by atoms with van der Waals surface area (Å²) in [7, 11) is -3.53. The second kappa shape index (κ2) is 7.75. The maximum atomic E-state index is 12.0. The molecule has 8 heteroatoms. The van der Waals surface area contributed by atoms with Crippen molar-refractivity contribution in [3.05, 3.63) is 58.1 Å². The number of sulfonamides is 1. The number of nitrogens with zero attached hydrogens (tertiary/aromatic N) is 2. The van der Waals surface area contributed by atoms with E-state index in [9.17, 15) is 8.42 Å². The summed E-state index contributed by atoms with van der Waals surface area (Å²) in [4.78, 5) is 0. The predicted octanol–water partition coefficient (Wildman–Crippen LogP) is 3.71. The zero-order valence-electron chi connectivity index (χ0n) is 12.7. The molecule has 0 spiro atoms. The number of anilines is 1. The number of hydrogen-bond acceptors (Lipinski definition) is 4. The number of halogens is 2. The second-order valence-electron chi connectivity index (χ2n) is 4.92. The second-order valence-corrected chi connectivity index (χ2v) is 7.67. The van der Waals surface area contributed by atoms with Gasteiger partial charge < -0.3 is 4.74 Å². The lowest BCUT2D eigenvalue weighted by molar-refractivity contribution is 0.329. The van der Waals surface area contributed by atoms with Crippen LogP contribution in [0.1, 0.15) is 5.56 Å². The number of rotatable bonds is 6. The first-order valence-electron chi connectivity index (χ1n) is 6.87. The van der Waals surface area contributed by atoms with Gasteiger partial charge in [-0.15, -0.1) is 0 Å². The van der Waals surface area contributed by atoms with E-state index >= 15 is 0 Å². The summed E-state index contributed by atoms with van der Waals surface area (Å²) in [6, 6.07) is 13.1. The topological polar surface area (TPSA) is 70.4 Å². The van der Waals surface area contributed by atoms with E-state index in [-0.39, 0.29) is 13.2 Å². The van der Waals surface area contributed by atoms with Crippen molar-refractivity contribution in [1.29, 1.82) is 5.26 Å². The molecule has 0 radical (unpaired) electrons. The molecular formula is C16H14Cl2N2O3S. The Kier molecular flexibility index (Phi) is 5.94. The van der Waals surface area contributed by atoms with Crippen LogP contribution < -0.4 is 9.04 Å². The van der Waals surface area contributed by atoms with E-state index in [4.69, 9.17) is 33.2 Å². The van der Waals surface area contributed by atoms with Gasteiger partial charge in [0.15, 0.2) is 0 Å². The van der Waals surface area contributed by atoms with E-state index in [0.717, 1.165) is 6.26 Å². The Morgan fingerprint density at radius 2 is 1.96 bits per heavy atom. The first-order chi connectivity index (χ1) is 11.3. The number of ether oxygens (including phenoxy) is 1. The lowest BCUT2D eigenvalue weighted by Gasteiger charge is -2.22. The average Bonchev–Trinajstić information content (AvgIpc) is 2.53. The monoisotopic (exact) mass is 384 g/mol. The van der Waals surface area contributed by atoms with Crippen LogP contribution in [0.5, 0.6) is 5.75 Å². The van der Waals surface area contributed by atoms with Crippen LogP contribution >= 0.6 is 23.2 Å². The summed E-state index contributed by atoms with van der Waals surface area (Å²) >= 11 is 11.9. The van der Waals surface area contributed by atoms with Gasteiger partial charge in [0.1, 0.15) is 12.4 Å². The molecule has 0 amide bonds. The zero-order chi connectivity index (χ0) is 17.7. The van der Waals surface area contributed by atoms with Crippen LogP contribution in [0, 0.1) is 11.3 Å². The molecule has 0 bridgehead atoms. The summed E-state index contributed by atoms with van der Waals surface area (Å²) in [5.41, 5.74) is 0.775. The van der Waals surface area contributed by atoms with E-state index in [1.807, 2.05) is 6.07 Å². The highest BCUT2D eigenvalue weighted by molar-refractivity contribution is 7.92. The smallest absolute Gasteiger partial charge is 0.232 e. The Morgan fingerprint density at radius 1 is 1.21 bits per heavy atom. The Morgan fingerprint density at radius 3 is 2.62 bits per heavy atom. The molecule has 2 aromatic carbocycles. The fraction of sp³-hybridized carbons (Fsp3) is 0.188. The van der Waals surface area contributed by atoms with E-state index in [0.29, 0.717) is 27.0 Å². The molecule has 0 aliphatic heterocycles. The molecule has 0 fully saturated rings. The third kappa shape index (κ3) is 4.78. The summed E-state index contributed by atoms with van der Waals surface area (Å²) < 4.78 is 30.8. The van der Waals surface area contributed by atoms with Crippen molar-refractivity contribution in [3.8, 4) is 11.8 Å². The van der Waals surface area contributed by atoms with E-state index in [2.05, 4.69) is 0 Å². The standard InChI is InChI=1S/C16H14Cl2N2O3S/c1-24(21,22)20(14-4-2-3-12(9-14)11-19)7-8-23-16-10-13(17)5-6-15(16)18/h2-6,9-10H,7-8H2,1H3. The van der Waals surface area contributed by atoms with Gasteiger partial charge in [-0.2, -0.15) is 5.26 Å². The van der Waals surface area contributed by atoms with E-state index in [1.54, 1.807) is 36.4 Å². The van der Waals surface area contributed by atoms with Crippen molar-refractivity contribution in [3.63, 3.8) is 0 Å². The molecule has 0 atom stereocenters. The summed E-state index contributed by atoms with van der Waals surface area (Å²) in [5, 5.41) is 9.81. The minimum absolute atomic E-state index is 0.0660. The third-order valence-corrected chi connectivity index (χ3v) is 4.85. The molecule has 0 N–H and O–H groups in total. The summed E-state index contributed by atoms with van der Waals surface area (Å²) in [6.45, 7) is 0.139. The van der Waals surface area contributed by atoms with Crippen molar-refractivity contribution < 1.29 is 13.2 Å². The molecule has 5 nitrogen and oxygen atoms in total. The van der Waals surface area contributed by atoms with Crippen molar-refractivity contribution in [2.75, 3.05) is 23.7 Å². The van der Waals surface area contributed by atoms with Gasteiger partial charge >= 0.3 is 0 Å². The molecule has 24 heavy (non-hydrogen) atoms. The average molecular weight is 385 g/mol. The minimum Gasteiger partial charge on any atom is -0.490 e. The fourth-order valence-corrected chi connectivity index (χ4v) is 3.28. The van der Waals surface area contributed by atoms with Crippen LogP contribution in [-0.4, -0.2) is 27.8 Å². The fourth-order valence-electron chi connectivity index (χ4n) is 2.04. The Labute approximate surface area is 151 Å². The highest BCUT2D eigenvalue weighted by atomic mass is 35.5. The van der Waals surface area contributed by atoms with Gasteiger partial charge in [-0.05, 0) is 30.3 Å². The van der Waals surface area contributed by atoms with Crippen LogP contribution in [0.2, 0.25) is 10.0 Å². The van der Waals surface area contributed by atoms with Crippen molar-refractivity contribution in [2.45, 2.75) is 0 Å². The molecule has 0 aromatic heterocycles. The SMILES string of the molecule is CS(=O)(=O)N(CCOc1cc(Cl)ccc1Cl)c1cccc(C#N)c1. The zero-order valence-corrected chi connectivity index (χ0v) is 15.1. The Balaban J connectivity index is 2.16. The normalized spacial score (nSPS) is 10.9. The van der Waals surface area contributed by atoms with Crippen molar-refractivity contribution in [1.82, 2.24) is 0 Å². The molecule has 0 aliphatic rings. The van der Waals surface area contributed by atoms with Crippen LogP contribution in [0.4, 0.5) is 5.69 Å². The molecule has 126 valence electrons. The molecule has 0 unspecified atom stereocenters. The van der Waals surface area contributed by atoms with Crippen molar-refractivity contribution >= 4 is 38.9 Å². The predicted molar refractivity (Wildman–Crippen MR) is 95.3 cm³/mol. The molecule has 0 heterocycles. The maximum absolute atomic E-state index is 12.0. The molecule has 0 saturated heterocycles. The van der Waals surface area contributed by atoms with Crippen LogP contribution in [0.25, 0.3) is 0 Å². The van der Waals surface area contributed by atoms with Crippen LogP contribution in [0.3, 0.4) is 0 Å². The summed E-state index contributed by atoms with van der Waals surface area (Å²) in [5.74, 6) is 0.378. The van der Waals surface area contributed by atoms with E-state index < -0.39 is 10.0 Å². The molecule has 0 saturated carbocycles. The van der Waals surface area contributed by atoms with Gasteiger partial charge in [-0.3, -0.25) is 4.31 Å². The van der Waals surface area contributed by atoms with E-state index in [1.165, 1.54) is 10.4 Å². The van der Waals surface area contributed by atoms with Crippen molar-refractivity contribution in [2.24, 2.45) is 0 Å². The molecule has 2 rings (SSSR count).